The maximum absolute atomic E-state index is 12.5. The van der Waals surface area contributed by atoms with Crippen molar-refractivity contribution in [3.05, 3.63) is 45.7 Å². The molecule has 0 bridgehead atoms. The normalized spacial score (nSPS) is 15.6. The van der Waals surface area contributed by atoms with Crippen molar-refractivity contribution in [1.82, 2.24) is 4.57 Å². The van der Waals surface area contributed by atoms with E-state index >= 15 is 0 Å². The van der Waals surface area contributed by atoms with Gasteiger partial charge in [-0.2, -0.15) is 0 Å². The number of benzene rings is 1. The Labute approximate surface area is 187 Å². The van der Waals surface area contributed by atoms with Gasteiger partial charge in [-0.25, -0.2) is 13.2 Å². The Morgan fingerprint density at radius 1 is 1.22 bits per heavy atom. The number of rotatable bonds is 7. The molecule has 2 heterocycles. The smallest absolute Gasteiger partial charge is 0.341 e. The van der Waals surface area contributed by atoms with E-state index in [4.69, 9.17) is 9.47 Å². The SMILES string of the molecule is COc1cc2c(cc1OCCCS(C)(=O)=O)C[C@@H](C(C)(C)C)n1cc(C(=O)O)c(=O)cc1-2. The van der Waals surface area contributed by atoms with Crippen molar-refractivity contribution in [1.29, 1.82) is 0 Å². The Bertz CT molecular complexity index is 1210. The number of aromatic nitrogens is 1. The van der Waals surface area contributed by atoms with Crippen molar-refractivity contribution in [3.8, 4) is 22.8 Å². The van der Waals surface area contributed by atoms with Crippen LogP contribution in [0.5, 0.6) is 11.5 Å². The number of hydrogen-bond acceptors (Lipinski definition) is 6. The van der Waals surface area contributed by atoms with Gasteiger partial charge in [0.05, 0.1) is 25.2 Å². The summed E-state index contributed by atoms with van der Waals surface area (Å²) in [5.74, 6) is -0.252. The highest BCUT2D eigenvalue weighted by Gasteiger charge is 2.34. The molecule has 1 aliphatic heterocycles. The molecule has 8 nitrogen and oxygen atoms in total. The summed E-state index contributed by atoms with van der Waals surface area (Å²) in [6.45, 7) is 6.42. The van der Waals surface area contributed by atoms with Gasteiger partial charge in [0.2, 0.25) is 0 Å². The van der Waals surface area contributed by atoms with Crippen LogP contribution in [0.3, 0.4) is 0 Å². The van der Waals surface area contributed by atoms with E-state index in [9.17, 15) is 23.1 Å². The van der Waals surface area contributed by atoms with E-state index in [1.54, 1.807) is 6.07 Å². The van der Waals surface area contributed by atoms with Crippen LogP contribution in [0.1, 0.15) is 49.2 Å². The Morgan fingerprint density at radius 2 is 1.91 bits per heavy atom. The number of carboxylic acids is 1. The van der Waals surface area contributed by atoms with Gasteiger partial charge in [0.25, 0.3) is 0 Å². The zero-order valence-corrected chi connectivity index (χ0v) is 19.8. The maximum atomic E-state index is 12.5. The zero-order chi connectivity index (χ0) is 23.8. The summed E-state index contributed by atoms with van der Waals surface area (Å²) in [7, 11) is -1.56. The van der Waals surface area contributed by atoms with Crippen LogP contribution >= 0.6 is 0 Å². The van der Waals surface area contributed by atoms with Gasteiger partial charge in [-0.3, -0.25) is 4.79 Å². The molecule has 1 atom stereocenters. The number of carboxylic acid groups (broad SMARTS) is 1. The van der Waals surface area contributed by atoms with E-state index in [-0.39, 0.29) is 29.4 Å². The second kappa shape index (κ2) is 8.61. The van der Waals surface area contributed by atoms with Gasteiger partial charge >= 0.3 is 5.97 Å². The molecule has 0 radical (unpaired) electrons. The van der Waals surface area contributed by atoms with E-state index < -0.39 is 21.2 Å². The quantitative estimate of drug-likeness (QED) is 0.628. The van der Waals surface area contributed by atoms with Crippen molar-refractivity contribution in [2.24, 2.45) is 5.41 Å². The lowest BCUT2D eigenvalue weighted by Gasteiger charge is -2.39. The molecular formula is C23H29NO7S. The topological polar surface area (TPSA) is 112 Å². The Balaban J connectivity index is 2.08. The van der Waals surface area contributed by atoms with E-state index in [2.05, 4.69) is 20.8 Å². The van der Waals surface area contributed by atoms with Crippen LogP contribution < -0.4 is 14.9 Å². The van der Waals surface area contributed by atoms with Gasteiger partial charge in [0.15, 0.2) is 16.9 Å². The fourth-order valence-electron chi connectivity index (χ4n) is 4.00. The molecule has 1 aromatic heterocycles. The molecule has 32 heavy (non-hydrogen) atoms. The average Bonchev–Trinajstić information content (AvgIpc) is 2.67. The third-order valence-electron chi connectivity index (χ3n) is 5.64. The van der Waals surface area contributed by atoms with Crippen LogP contribution in [0.25, 0.3) is 11.3 Å². The summed E-state index contributed by atoms with van der Waals surface area (Å²) in [6, 6.07) is 4.93. The molecule has 0 spiro atoms. The number of methoxy groups -OCH3 is 1. The monoisotopic (exact) mass is 463 g/mol. The molecule has 0 amide bonds. The molecule has 0 aliphatic carbocycles. The van der Waals surface area contributed by atoms with Crippen LogP contribution in [-0.4, -0.2) is 49.8 Å². The predicted octanol–water partition coefficient (Wildman–Crippen LogP) is 3.18. The fourth-order valence-corrected chi connectivity index (χ4v) is 4.64. The minimum atomic E-state index is -3.06. The number of aromatic carboxylic acids is 1. The molecule has 2 aromatic rings. The first-order valence-corrected chi connectivity index (χ1v) is 12.4. The van der Waals surface area contributed by atoms with Crippen LogP contribution in [0, 0.1) is 5.41 Å². The molecule has 1 aliphatic rings. The summed E-state index contributed by atoms with van der Waals surface area (Å²) >= 11 is 0. The fraction of sp³-hybridized carbons (Fsp3) is 0.478. The minimum Gasteiger partial charge on any atom is -0.493 e. The maximum Gasteiger partial charge on any atom is 0.341 e. The second-order valence-electron chi connectivity index (χ2n) is 9.23. The number of pyridine rings is 1. The van der Waals surface area contributed by atoms with Gasteiger partial charge in [0.1, 0.15) is 15.4 Å². The number of hydrogen-bond donors (Lipinski definition) is 1. The highest BCUT2D eigenvalue weighted by atomic mass is 32.2. The first kappa shape index (κ1) is 23.8. The third-order valence-corrected chi connectivity index (χ3v) is 6.67. The van der Waals surface area contributed by atoms with E-state index in [1.807, 2.05) is 10.6 Å². The van der Waals surface area contributed by atoms with Crippen LogP contribution in [0.15, 0.2) is 29.2 Å². The van der Waals surface area contributed by atoms with Gasteiger partial charge in [-0.05, 0) is 36.0 Å². The van der Waals surface area contributed by atoms with Crippen molar-refractivity contribution < 1.29 is 27.8 Å². The second-order valence-corrected chi connectivity index (χ2v) is 11.5. The Hall–Kier alpha value is -2.81. The first-order chi connectivity index (χ1) is 14.8. The molecule has 1 N–H and O–H groups in total. The molecule has 0 saturated carbocycles. The summed E-state index contributed by atoms with van der Waals surface area (Å²) in [6.07, 6.45) is 3.59. The molecule has 174 valence electrons. The largest absolute Gasteiger partial charge is 0.493 e. The van der Waals surface area contributed by atoms with Gasteiger partial charge in [0, 0.05) is 30.1 Å². The van der Waals surface area contributed by atoms with Crippen LogP contribution in [0.2, 0.25) is 0 Å². The Kier molecular flexibility index (Phi) is 6.42. The van der Waals surface area contributed by atoms with Crippen LogP contribution in [-0.2, 0) is 16.3 Å². The van der Waals surface area contributed by atoms with E-state index in [0.29, 0.717) is 30.0 Å². The summed E-state index contributed by atoms with van der Waals surface area (Å²) in [5.41, 5.74) is 1.33. The zero-order valence-electron chi connectivity index (χ0n) is 19.0. The summed E-state index contributed by atoms with van der Waals surface area (Å²) < 4.78 is 35.9. The average molecular weight is 464 g/mol. The first-order valence-electron chi connectivity index (χ1n) is 10.3. The van der Waals surface area contributed by atoms with Crippen molar-refractivity contribution in [2.45, 2.75) is 39.7 Å². The number of sulfone groups is 1. The highest BCUT2D eigenvalue weighted by molar-refractivity contribution is 7.90. The van der Waals surface area contributed by atoms with E-state index in [0.717, 1.165) is 11.1 Å². The number of carbonyl (C=O) groups is 1. The van der Waals surface area contributed by atoms with Gasteiger partial charge < -0.3 is 19.1 Å². The molecule has 3 rings (SSSR count). The number of fused-ring (bicyclic) bond motifs is 3. The standard InChI is InChI=1S/C23H29NO7S/c1-23(2,3)21-10-14-9-20(31-7-6-8-32(5,28)29)19(30-4)11-15(14)17-12-18(25)16(22(26)27)13-24(17)21/h9,11-13,21H,6-8,10H2,1-5H3,(H,26,27)/t21-/m0/s1. The van der Waals surface area contributed by atoms with Gasteiger partial charge in [-0.1, -0.05) is 20.8 Å². The van der Waals surface area contributed by atoms with Crippen LogP contribution in [0.4, 0.5) is 0 Å². The van der Waals surface area contributed by atoms with Crippen molar-refractivity contribution in [3.63, 3.8) is 0 Å². The molecule has 0 unspecified atom stereocenters. The molecule has 9 heteroatoms. The number of ether oxygens (including phenoxy) is 2. The lowest BCUT2D eigenvalue weighted by molar-refractivity contribution is 0.0693. The molecule has 0 fully saturated rings. The number of nitrogens with zero attached hydrogens (tertiary/aromatic N) is 1. The minimum absolute atomic E-state index is 0.0363. The van der Waals surface area contributed by atoms with Crippen molar-refractivity contribution in [2.75, 3.05) is 25.7 Å². The predicted molar refractivity (Wildman–Crippen MR) is 122 cm³/mol. The lowest BCUT2D eigenvalue weighted by Crippen LogP contribution is -2.32. The molecule has 1 aromatic carbocycles. The summed E-state index contributed by atoms with van der Waals surface area (Å²) in [5, 5.41) is 9.44. The van der Waals surface area contributed by atoms with Gasteiger partial charge in [-0.15, -0.1) is 0 Å². The molecule has 0 saturated heterocycles. The molecular weight excluding hydrogens is 434 g/mol. The van der Waals surface area contributed by atoms with E-state index in [1.165, 1.54) is 25.6 Å². The third kappa shape index (κ3) is 4.98. The lowest BCUT2D eigenvalue weighted by atomic mass is 9.78. The Morgan fingerprint density at radius 3 is 2.47 bits per heavy atom. The van der Waals surface area contributed by atoms with Crippen molar-refractivity contribution >= 4 is 15.8 Å². The summed E-state index contributed by atoms with van der Waals surface area (Å²) in [4.78, 5) is 24.0. The highest BCUT2D eigenvalue weighted by Crippen LogP contribution is 2.45.